The minimum absolute atomic E-state index is 0.276. The van der Waals surface area contributed by atoms with Crippen molar-refractivity contribution < 1.29 is 23.7 Å². The minimum Gasteiger partial charge on any atom is -0.488 e. The smallest absolute Gasteiger partial charge is 0.225 e. The third-order valence-corrected chi connectivity index (χ3v) is 5.34. The van der Waals surface area contributed by atoms with Crippen LogP contribution < -0.4 is 14.2 Å². The van der Waals surface area contributed by atoms with Crippen LogP contribution in [0.25, 0.3) is 11.1 Å². The van der Waals surface area contributed by atoms with E-state index in [1.54, 1.807) is 14.2 Å². The molecule has 180 valence electrons. The topological polar surface area (TPSA) is 59.0 Å². The van der Waals surface area contributed by atoms with Gasteiger partial charge in [0.1, 0.15) is 25.6 Å². The van der Waals surface area contributed by atoms with Crippen LogP contribution in [0.5, 0.6) is 17.5 Å². The number of aromatic nitrogens is 1. The molecule has 1 aromatic heterocycles. The number of benzene rings is 3. The van der Waals surface area contributed by atoms with E-state index in [0.717, 1.165) is 22.3 Å². The van der Waals surface area contributed by atoms with Crippen LogP contribution >= 0.6 is 0 Å². The molecule has 0 amide bonds. The molecule has 0 saturated carbocycles. The SMILES string of the molecule is COC(COc1cccc(-c2ccc(OCc3ccccc3)nc2OCc2ccccc2)c1)OC. The van der Waals surface area contributed by atoms with Gasteiger partial charge in [-0.1, -0.05) is 72.8 Å². The Bertz CT molecular complexity index is 1180. The summed E-state index contributed by atoms with van der Waals surface area (Å²) >= 11 is 0. The Labute approximate surface area is 206 Å². The van der Waals surface area contributed by atoms with Gasteiger partial charge in [-0.3, -0.25) is 0 Å². The third-order valence-electron chi connectivity index (χ3n) is 5.34. The van der Waals surface area contributed by atoms with Crippen molar-refractivity contribution in [2.45, 2.75) is 19.5 Å². The largest absolute Gasteiger partial charge is 0.488 e. The van der Waals surface area contributed by atoms with Gasteiger partial charge >= 0.3 is 0 Å². The maximum atomic E-state index is 6.17. The highest BCUT2D eigenvalue weighted by molar-refractivity contribution is 5.70. The molecule has 0 radical (unpaired) electrons. The molecule has 0 spiro atoms. The standard InChI is InChI=1S/C29H29NO5/c1-31-28(32-2)21-33-25-15-9-14-24(18-25)26-16-17-27(34-19-22-10-5-3-6-11-22)30-29(26)35-20-23-12-7-4-8-13-23/h3-18,28H,19-21H2,1-2H3. The minimum atomic E-state index is -0.439. The molecule has 4 aromatic rings. The number of hydrogen-bond donors (Lipinski definition) is 0. The van der Waals surface area contributed by atoms with Gasteiger partial charge in [0.05, 0.1) is 0 Å². The first-order chi connectivity index (χ1) is 17.2. The average Bonchev–Trinajstić information content (AvgIpc) is 2.92. The molecule has 6 heteroatoms. The van der Waals surface area contributed by atoms with Gasteiger partial charge in [0.15, 0.2) is 6.29 Å². The van der Waals surface area contributed by atoms with Crippen molar-refractivity contribution in [2.24, 2.45) is 0 Å². The first kappa shape index (κ1) is 24.3. The number of rotatable bonds is 12. The summed E-state index contributed by atoms with van der Waals surface area (Å²) in [6.07, 6.45) is -0.439. The molecule has 4 rings (SSSR count). The summed E-state index contributed by atoms with van der Waals surface area (Å²) in [7, 11) is 3.16. The fourth-order valence-electron chi connectivity index (χ4n) is 3.44. The summed E-state index contributed by atoms with van der Waals surface area (Å²) in [5.41, 5.74) is 3.88. The van der Waals surface area contributed by atoms with Crippen molar-refractivity contribution in [3.05, 3.63) is 108 Å². The van der Waals surface area contributed by atoms with Crippen LogP contribution in [0.4, 0.5) is 0 Å². The molecule has 6 nitrogen and oxygen atoms in total. The van der Waals surface area contributed by atoms with E-state index < -0.39 is 6.29 Å². The van der Waals surface area contributed by atoms with Gasteiger partial charge in [-0.15, -0.1) is 0 Å². The van der Waals surface area contributed by atoms with Crippen LogP contribution in [0, 0.1) is 0 Å². The van der Waals surface area contributed by atoms with E-state index in [1.165, 1.54) is 0 Å². The molecule has 0 aliphatic rings. The summed E-state index contributed by atoms with van der Waals surface area (Å²) in [6.45, 7) is 1.09. The number of nitrogens with zero attached hydrogens (tertiary/aromatic N) is 1. The van der Waals surface area contributed by atoms with E-state index in [9.17, 15) is 0 Å². The van der Waals surface area contributed by atoms with E-state index in [1.807, 2.05) is 97.1 Å². The molecular formula is C29H29NO5. The van der Waals surface area contributed by atoms with Gasteiger partial charge < -0.3 is 23.7 Å². The highest BCUT2D eigenvalue weighted by Crippen LogP contribution is 2.33. The van der Waals surface area contributed by atoms with Gasteiger partial charge in [-0.05, 0) is 34.9 Å². The molecule has 0 bridgehead atoms. The Morgan fingerprint density at radius 2 is 1.31 bits per heavy atom. The van der Waals surface area contributed by atoms with Crippen molar-refractivity contribution in [1.29, 1.82) is 0 Å². The molecule has 1 heterocycles. The van der Waals surface area contributed by atoms with Crippen molar-refractivity contribution in [1.82, 2.24) is 4.98 Å². The van der Waals surface area contributed by atoms with Crippen LogP contribution in [0.2, 0.25) is 0 Å². The Morgan fingerprint density at radius 1 is 0.657 bits per heavy atom. The van der Waals surface area contributed by atoms with Crippen molar-refractivity contribution in [3.63, 3.8) is 0 Å². The second-order valence-electron chi connectivity index (χ2n) is 7.79. The van der Waals surface area contributed by atoms with Gasteiger partial charge in [0, 0.05) is 25.8 Å². The zero-order valence-electron chi connectivity index (χ0n) is 19.9. The highest BCUT2D eigenvalue weighted by atomic mass is 16.7. The maximum Gasteiger partial charge on any atom is 0.225 e. The lowest BCUT2D eigenvalue weighted by Gasteiger charge is -2.16. The molecule has 0 fully saturated rings. The average molecular weight is 472 g/mol. The van der Waals surface area contributed by atoms with Crippen molar-refractivity contribution >= 4 is 0 Å². The monoisotopic (exact) mass is 471 g/mol. The Hall–Kier alpha value is -3.87. The van der Waals surface area contributed by atoms with Gasteiger partial charge in [-0.2, -0.15) is 4.98 Å². The summed E-state index contributed by atoms with van der Waals surface area (Å²) in [4.78, 5) is 4.68. The van der Waals surface area contributed by atoms with Crippen molar-refractivity contribution in [3.8, 4) is 28.6 Å². The van der Waals surface area contributed by atoms with E-state index in [4.69, 9.17) is 23.7 Å². The first-order valence-electron chi connectivity index (χ1n) is 11.4. The van der Waals surface area contributed by atoms with Crippen LogP contribution in [0.1, 0.15) is 11.1 Å². The van der Waals surface area contributed by atoms with E-state index in [0.29, 0.717) is 30.7 Å². The zero-order valence-corrected chi connectivity index (χ0v) is 19.9. The molecule has 0 saturated heterocycles. The van der Waals surface area contributed by atoms with Gasteiger partial charge in [0.2, 0.25) is 11.8 Å². The number of pyridine rings is 1. The van der Waals surface area contributed by atoms with Crippen molar-refractivity contribution in [2.75, 3.05) is 20.8 Å². The Kier molecular flexibility index (Phi) is 8.70. The van der Waals surface area contributed by atoms with Gasteiger partial charge in [0.25, 0.3) is 0 Å². The predicted octanol–water partition coefficient (Wildman–Crippen LogP) is 5.90. The molecule has 35 heavy (non-hydrogen) atoms. The highest BCUT2D eigenvalue weighted by Gasteiger charge is 2.13. The summed E-state index contributed by atoms with van der Waals surface area (Å²) in [6, 6.07) is 31.6. The number of hydrogen-bond acceptors (Lipinski definition) is 6. The maximum absolute atomic E-state index is 6.17. The quantitative estimate of drug-likeness (QED) is 0.240. The summed E-state index contributed by atoms with van der Waals surface area (Å²) in [5.74, 6) is 1.68. The first-order valence-corrected chi connectivity index (χ1v) is 11.4. The molecule has 0 unspecified atom stereocenters. The van der Waals surface area contributed by atoms with Crippen LogP contribution in [-0.2, 0) is 22.7 Å². The fourth-order valence-corrected chi connectivity index (χ4v) is 3.44. The molecular weight excluding hydrogens is 442 g/mol. The van der Waals surface area contributed by atoms with E-state index in [-0.39, 0.29) is 6.61 Å². The molecule has 3 aromatic carbocycles. The number of ether oxygens (including phenoxy) is 5. The van der Waals surface area contributed by atoms with E-state index in [2.05, 4.69) is 4.98 Å². The summed E-state index contributed by atoms with van der Waals surface area (Å²) < 4.78 is 28.4. The lowest BCUT2D eigenvalue weighted by atomic mass is 10.1. The lowest BCUT2D eigenvalue weighted by Crippen LogP contribution is -2.21. The van der Waals surface area contributed by atoms with E-state index >= 15 is 0 Å². The molecule has 0 N–H and O–H groups in total. The second kappa shape index (κ2) is 12.6. The Balaban J connectivity index is 1.56. The van der Waals surface area contributed by atoms with Crippen LogP contribution in [0.3, 0.4) is 0 Å². The second-order valence-corrected chi connectivity index (χ2v) is 7.79. The van der Waals surface area contributed by atoms with Crippen LogP contribution in [-0.4, -0.2) is 32.1 Å². The Morgan fingerprint density at radius 3 is 1.97 bits per heavy atom. The van der Waals surface area contributed by atoms with Crippen LogP contribution in [0.15, 0.2) is 97.1 Å². The molecule has 0 aliphatic heterocycles. The molecule has 0 aliphatic carbocycles. The fraction of sp³-hybridized carbons (Fsp3) is 0.207. The third kappa shape index (κ3) is 7.06. The summed E-state index contributed by atoms with van der Waals surface area (Å²) in [5, 5.41) is 0. The number of methoxy groups -OCH3 is 2. The zero-order chi connectivity index (χ0) is 24.3. The lowest BCUT2D eigenvalue weighted by molar-refractivity contribution is -0.121. The predicted molar refractivity (Wildman–Crippen MR) is 135 cm³/mol. The molecule has 0 atom stereocenters. The normalized spacial score (nSPS) is 10.8. The van der Waals surface area contributed by atoms with Gasteiger partial charge in [-0.25, -0.2) is 0 Å².